The Balaban J connectivity index is 2.07. The molecule has 0 amide bonds. The molecule has 1 aromatic rings. The van der Waals surface area contributed by atoms with Gasteiger partial charge in [0.15, 0.2) is 0 Å². The Hall–Kier alpha value is -1.66. The van der Waals surface area contributed by atoms with Crippen molar-refractivity contribution in [3.05, 3.63) is 29.3 Å². The summed E-state index contributed by atoms with van der Waals surface area (Å²) in [4.78, 5) is 23.4. The van der Waals surface area contributed by atoms with Crippen LogP contribution in [-0.2, 0) is 14.0 Å². The Morgan fingerprint density at radius 1 is 0.950 bits per heavy atom. The second-order valence-corrected chi connectivity index (χ2v) is 6.04. The van der Waals surface area contributed by atoms with E-state index in [1.807, 2.05) is 27.7 Å². The Labute approximate surface area is 117 Å². The zero-order valence-electron chi connectivity index (χ0n) is 11.9. The standard InChI is InChI=1S/C14H15BO5/c1-13(2)14(3,4)20-15(19-13)9-7-5-6-8-10(9)12(17)18-11(8)16/h5-7H,1-4H3. The molecule has 0 bridgehead atoms. The van der Waals surface area contributed by atoms with E-state index in [1.165, 1.54) is 0 Å². The van der Waals surface area contributed by atoms with E-state index in [1.54, 1.807) is 18.2 Å². The van der Waals surface area contributed by atoms with E-state index in [0.717, 1.165) is 0 Å². The average molecular weight is 274 g/mol. The van der Waals surface area contributed by atoms with Gasteiger partial charge in [-0.05, 0) is 39.2 Å². The van der Waals surface area contributed by atoms with E-state index in [9.17, 15) is 9.59 Å². The Kier molecular flexibility index (Phi) is 2.62. The van der Waals surface area contributed by atoms with Gasteiger partial charge in [0.1, 0.15) is 0 Å². The third-order valence-electron chi connectivity index (χ3n) is 4.21. The summed E-state index contributed by atoms with van der Waals surface area (Å²) in [6.07, 6.45) is 0. The van der Waals surface area contributed by atoms with Crippen LogP contribution in [0.1, 0.15) is 48.4 Å². The first-order chi connectivity index (χ1) is 9.23. The first-order valence-electron chi connectivity index (χ1n) is 6.48. The monoisotopic (exact) mass is 274 g/mol. The Morgan fingerprint density at radius 3 is 2.15 bits per heavy atom. The summed E-state index contributed by atoms with van der Waals surface area (Å²) in [5.41, 5.74) is 0.0371. The highest BCUT2D eigenvalue weighted by molar-refractivity contribution is 6.64. The highest BCUT2D eigenvalue weighted by Crippen LogP contribution is 2.37. The third-order valence-corrected chi connectivity index (χ3v) is 4.21. The Morgan fingerprint density at radius 2 is 1.55 bits per heavy atom. The van der Waals surface area contributed by atoms with Crippen molar-refractivity contribution in [2.45, 2.75) is 38.9 Å². The molecule has 1 saturated heterocycles. The lowest BCUT2D eigenvalue weighted by atomic mass is 9.75. The molecule has 1 aromatic carbocycles. The molecule has 0 aliphatic carbocycles. The van der Waals surface area contributed by atoms with Crippen molar-refractivity contribution >= 4 is 24.5 Å². The zero-order valence-corrected chi connectivity index (χ0v) is 11.9. The van der Waals surface area contributed by atoms with Gasteiger partial charge in [-0.15, -0.1) is 0 Å². The number of rotatable bonds is 1. The van der Waals surface area contributed by atoms with Gasteiger partial charge in [-0.2, -0.15) is 0 Å². The van der Waals surface area contributed by atoms with Crippen LogP contribution in [0.2, 0.25) is 0 Å². The quantitative estimate of drug-likeness (QED) is 0.439. The molecule has 3 rings (SSSR count). The van der Waals surface area contributed by atoms with Crippen molar-refractivity contribution in [3.8, 4) is 0 Å². The number of carbonyl (C=O) groups is 2. The predicted molar refractivity (Wildman–Crippen MR) is 71.9 cm³/mol. The molecular weight excluding hydrogens is 259 g/mol. The van der Waals surface area contributed by atoms with Gasteiger partial charge in [-0.25, -0.2) is 9.59 Å². The molecule has 5 nitrogen and oxygen atoms in total. The number of cyclic esters (lactones) is 2. The van der Waals surface area contributed by atoms with Crippen molar-refractivity contribution in [1.82, 2.24) is 0 Å². The number of hydrogen-bond acceptors (Lipinski definition) is 5. The van der Waals surface area contributed by atoms with Gasteiger partial charge >= 0.3 is 19.1 Å². The fourth-order valence-electron chi connectivity index (χ4n) is 2.32. The average Bonchev–Trinajstić information content (AvgIpc) is 2.74. The molecule has 0 atom stereocenters. The van der Waals surface area contributed by atoms with Gasteiger partial charge in [0.2, 0.25) is 0 Å². The number of fused-ring (bicyclic) bond motifs is 1. The fourth-order valence-corrected chi connectivity index (χ4v) is 2.32. The summed E-state index contributed by atoms with van der Waals surface area (Å²) in [7, 11) is -0.687. The van der Waals surface area contributed by atoms with Crippen molar-refractivity contribution < 1.29 is 23.6 Å². The van der Waals surface area contributed by atoms with Gasteiger partial charge in [-0.1, -0.05) is 12.1 Å². The topological polar surface area (TPSA) is 61.8 Å². The summed E-state index contributed by atoms with van der Waals surface area (Å²) in [6, 6.07) is 4.98. The van der Waals surface area contributed by atoms with Gasteiger partial charge in [0, 0.05) is 0 Å². The van der Waals surface area contributed by atoms with Crippen LogP contribution >= 0.6 is 0 Å². The van der Waals surface area contributed by atoms with Crippen LogP contribution in [0.25, 0.3) is 0 Å². The van der Waals surface area contributed by atoms with Crippen LogP contribution in [0.3, 0.4) is 0 Å². The largest absolute Gasteiger partial charge is 0.495 e. The van der Waals surface area contributed by atoms with Gasteiger partial charge in [0.25, 0.3) is 0 Å². The molecule has 1 fully saturated rings. The summed E-state index contributed by atoms with van der Waals surface area (Å²) in [5, 5.41) is 0. The van der Waals surface area contributed by atoms with Crippen LogP contribution in [0.5, 0.6) is 0 Å². The van der Waals surface area contributed by atoms with E-state index in [2.05, 4.69) is 4.74 Å². The van der Waals surface area contributed by atoms with Crippen LogP contribution in [0.15, 0.2) is 18.2 Å². The molecule has 0 aromatic heterocycles. The number of esters is 2. The molecule has 0 radical (unpaired) electrons. The molecule has 0 saturated carbocycles. The van der Waals surface area contributed by atoms with Crippen LogP contribution in [0.4, 0.5) is 0 Å². The summed E-state index contributed by atoms with van der Waals surface area (Å²) in [6.45, 7) is 7.72. The lowest BCUT2D eigenvalue weighted by Gasteiger charge is -2.32. The highest BCUT2D eigenvalue weighted by Gasteiger charge is 2.53. The summed E-state index contributed by atoms with van der Waals surface area (Å²) in [5.74, 6) is -1.27. The van der Waals surface area contributed by atoms with E-state index in [4.69, 9.17) is 9.31 Å². The molecule has 104 valence electrons. The number of carbonyl (C=O) groups excluding carboxylic acids is 2. The maximum absolute atomic E-state index is 11.8. The van der Waals surface area contributed by atoms with Crippen molar-refractivity contribution in [3.63, 3.8) is 0 Å². The molecule has 2 aliphatic rings. The predicted octanol–water partition coefficient (Wildman–Crippen LogP) is 1.30. The maximum Gasteiger partial charge on any atom is 0.495 e. The lowest BCUT2D eigenvalue weighted by Crippen LogP contribution is -2.41. The van der Waals surface area contributed by atoms with E-state index in [0.29, 0.717) is 5.46 Å². The van der Waals surface area contributed by atoms with Crippen LogP contribution in [0, 0.1) is 0 Å². The molecular formula is C14H15BO5. The number of hydrogen-bond donors (Lipinski definition) is 0. The molecule has 6 heteroatoms. The first-order valence-corrected chi connectivity index (χ1v) is 6.48. The van der Waals surface area contributed by atoms with Gasteiger partial charge in [-0.3, -0.25) is 0 Å². The molecule has 2 heterocycles. The van der Waals surface area contributed by atoms with E-state index < -0.39 is 30.3 Å². The smallest absolute Gasteiger partial charge is 0.399 e. The number of benzene rings is 1. The minimum absolute atomic E-state index is 0.246. The lowest BCUT2D eigenvalue weighted by molar-refractivity contribution is 0.00578. The second-order valence-electron chi connectivity index (χ2n) is 6.04. The van der Waals surface area contributed by atoms with Crippen LogP contribution < -0.4 is 5.46 Å². The third kappa shape index (κ3) is 1.72. The van der Waals surface area contributed by atoms with E-state index in [-0.39, 0.29) is 11.1 Å². The highest BCUT2D eigenvalue weighted by atomic mass is 16.7. The SMILES string of the molecule is CC1(C)OB(c2cccc3c2C(=O)OC3=O)OC1(C)C. The fraction of sp³-hybridized carbons (Fsp3) is 0.429. The minimum Gasteiger partial charge on any atom is -0.399 e. The van der Waals surface area contributed by atoms with E-state index >= 15 is 0 Å². The van der Waals surface area contributed by atoms with Crippen molar-refractivity contribution in [2.75, 3.05) is 0 Å². The van der Waals surface area contributed by atoms with Crippen molar-refractivity contribution in [1.29, 1.82) is 0 Å². The van der Waals surface area contributed by atoms with Gasteiger partial charge in [0.05, 0.1) is 22.3 Å². The molecule has 0 spiro atoms. The second kappa shape index (κ2) is 3.93. The normalized spacial score (nSPS) is 22.9. The summed E-state index contributed by atoms with van der Waals surface area (Å²) < 4.78 is 16.5. The van der Waals surface area contributed by atoms with Gasteiger partial charge < -0.3 is 14.0 Å². The molecule has 0 N–H and O–H groups in total. The minimum atomic E-state index is -0.687. The Bertz CT molecular complexity index is 604. The number of ether oxygens (including phenoxy) is 1. The van der Waals surface area contributed by atoms with Crippen LogP contribution in [-0.4, -0.2) is 30.3 Å². The van der Waals surface area contributed by atoms with Crippen molar-refractivity contribution in [2.24, 2.45) is 0 Å². The molecule has 0 unspecified atom stereocenters. The molecule has 2 aliphatic heterocycles. The first kappa shape index (κ1) is 13.3. The zero-order chi connectivity index (χ0) is 14.7. The summed E-state index contributed by atoms with van der Waals surface area (Å²) >= 11 is 0. The maximum atomic E-state index is 11.8. The molecule has 20 heavy (non-hydrogen) atoms.